The van der Waals surface area contributed by atoms with Gasteiger partial charge in [-0.3, -0.25) is 0 Å². The first-order valence-electron chi connectivity index (χ1n) is 7.72. The molecule has 2 nitrogen and oxygen atoms in total. The van der Waals surface area contributed by atoms with E-state index in [0.717, 1.165) is 12.8 Å². The number of nitrogens with zero attached hydrogens (tertiary/aromatic N) is 1. The number of rotatable bonds is 3. The van der Waals surface area contributed by atoms with Gasteiger partial charge in [-0.05, 0) is 62.1 Å². The van der Waals surface area contributed by atoms with Crippen molar-refractivity contribution < 1.29 is 9.50 Å². The van der Waals surface area contributed by atoms with E-state index in [-0.39, 0.29) is 5.82 Å². The summed E-state index contributed by atoms with van der Waals surface area (Å²) in [5.41, 5.74) is -1.42. The van der Waals surface area contributed by atoms with E-state index < -0.39 is 11.0 Å². The first-order valence-corrected chi connectivity index (χ1v) is 7.72. The number of hydrogen-bond acceptors (Lipinski definition) is 2. The summed E-state index contributed by atoms with van der Waals surface area (Å²) < 4.78 is 13.1. The highest BCUT2D eigenvalue weighted by molar-refractivity contribution is 5.29. The topological polar surface area (TPSA) is 44.0 Å². The minimum atomic E-state index is -1.25. The van der Waals surface area contributed by atoms with E-state index in [1.807, 2.05) is 0 Å². The molecule has 1 fully saturated rings. The highest BCUT2D eigenvalue weighted by Gasteiger charge is 2.50. The van der Waals surface area contributed by atoms with E-state index in [4.69, 9.17) is 0 Å². The average molecular weight is 289 g/mol. The molecular weight excluding hydrogens is 265 g/mol. The Morgan fingerprint density at radius 3 is 2.24 bits per heavy atom. The molecule has 0 saturated heterocycles. The summed E-state index contributed by atoms with van der Waals surface area (Å²) in [5, 5.41) is 20.8. The molecule has 3 heteroatoms. The summed E-state index contributed by atoms with van der Waals surface area (Å²) in [4.78, 5) is 0. The van der Waals surface area contributed by atoms with Gasteiger partial charge in [0.15, 0.2) is 0 Å². The number of hydrogen-bond donors (Lipinski definition) is 1. The molecule has 1 aliphatic carbocycles. The molecule has 1 unspecified atom stereocenters. The quantitative estimate of drug-likeness (QED) is 0.897. The van der Waals surface area contributed by atoms with Gasteiger partial charge in [-0.1, -0.05) is 26.0 Å². The molecule has 1 aliphatic rings. The second-order valence-corrected chi connectivity index (χ2v) is 6.85. The van der Waals surface area contributed by atoms with Crippen LogP contribution in [0.25, 0.3) is 0 Å². The van der Waals surface area contributed by atoms with Crippen molar-refractivity contribution in [3.8, 4) is 6.07 Å². The van der Waals surface area contributed by atoms with Gasteiger partial charge in [-0.25, -0.2) is 4.39 Å². The molecule has 1 saturated carbocycles. The van der Waals surface area contributed by atoms with Gasteiger partial charge in [-0.15, -0.1) is 0 Å². The van der Waals surface area contributed by atoms with Gasteiger partial charge in [0.05, 0.1) is 11.5 Å². The standard InChI is InChI=1S/C18H24FNO/c1-13(2)14-8-10-18(12-20,11-9-14)17(3,21)15-4-6-16(19)7-5-15/h4-7,13-14,21H,8-11H2,1-3H3. The molecule has 0 aromatic heterocycles. The van der Waals surface area contributed by atoms with Crippen LogP contribution >= 0.6 is 0 Å². The predicted octanol–water partition coefficient (Wildman–Crippen LogP) is 4.39. The van der Waals surface area contributed by atoms with Gasteiger partial charge < -0.3 is 5.11 Å². The Kier molecular flexibility index (Phi) is 4.39. The first-order chi connectivity index (χ1) is 9.82. The second-order valence-electron chi connectivity index (χ2n) is 6.85. The average Bonchev–Trinajstić information content (AvgIpc) is 2.47. The van der Waals surface area contributed by atoms with Crippen LogP contribution in [0.15, 0.2) is 24.3 Å². The van der Waals surface area contributed by atoms with Crippen LogP contribution in [0, 0.1) is 34.4 Å². The van der Waals surface area contributed by atoms with Crippen molar-refractivity contribution in [1.82, 2.24) is 0 Å². The number of aliphatic hydroxyl groups is 1. The zero-order valence-corrected chi connectivity index (χ0v) is 13.1. The molecule has 1 aromatic rings. The van der Waals surface area contributed by atoms with Gasteiger partial charge in [-0.2, -0.15) is 5.26 Å². The van der Waals surface area contributed by atoms with Gasteiger partial charge in [0.25, 0.3) is 0 Å². The van der Waals surface area contributed by atoms with Crippen molar-refractivity contribution in [2.75, 3.05) is 0 Å². The lowest BCUT2D eigenvalue weighted by atomic mass is 9.59. The zero-order valence-electron chi connectivity index (χ0n) is 13.1. The van der Waals surface area contributed by atoms with E-state index in [2.05, 4.69) is 19.9 Å². The van der Waals surface area contributed by atoms with E-state index in [1.54, 1.807) is 19.1 Å². The SMILES string of the molecule is CC(C)C1CCC(C#N)(C(C)(O)c2ccc(F)cc2)CC1. The summed E-state index contributed by atoms with van der Waals surface area (Å²) in [5.74, 6) is 0.900. The molecule has 1 N–H and O–H groups in total. The van der Waals surface area contributed by atoms with E-state index in [0.29, 0.717) is 30.2 Å². The van der Waals surface area contributed by atoms with E-state index in [9.17, 15) is 14.8 Å². The van der Waals surface area contributed by atoms with Crippen LogP contribution < -0.4 is 0 Å². The van der Waals surface area contributed by atoms with E-state index in [1.165, 1.54) is 12.1 Å². The maximum absolute atomic E-state index is 13.1. The molecule has 0 bridgehead atoms. The molecule has 21 heavy (non-hydrogen) atoms. The summed E-state index contributed by atoms with van der Waals surface area (Å²) >= 11 is 0. The highest BCUT2D eigenvalue weighted by Crippen LogP contribution is 2.51. The van der Waals surface area contributed by atoms with Crippen LogP contribution in [0.5, 0.6) is 0 Å². The Balaban J connectivity index is 2.28. The van der Waals surface area contributed by atoms with Crippen LogP contribution in [0.1, 0.15) is 52.0 Å². The monoisotopic (exact) mass is 289 g/mol. The van der Waals surface area contributed by atoms with Gasteiger partial charge >= 0.3 is 0 Å². The Bertz CT molecular complexity index is 519. The third-order valence-electron chi connectivity index (χ3n) is 5.38. The molecule has 0 spiro atoms. The summed E-state index contributed by atoms with van der Waals surface area (Å²) in [6.07, 6.45) is 3.30. The molecule has 1 atom stereocenters. The fourth-order valence-corrected chi connectivity index (χ4v) is 3.56. The Hall–Kier alpha value is -1.40. The molecule has 0 aliphatic heterocycles. The van der Waals surface area contributed by atoms with Crippen molar-refractivity contribution in [1.29, 1.82) is 5.26 Å². The van der Waals surface area contributed by atoms with Gasteiger partial charge in [0.1, 0.15) is 11.4 Å². The minimum absolute atomic E-state index is 0.330. The number of nitriles is 1. The maximum atomic E-state index is 13.1. The lowest BCUT2D eigenvalue weighted by Gasteiger charge is -2.45. The molecule has 114 valence electrons. The van der Waals surface area contributed by atoms with Crippen molar-refractivity contribution in [3.63, 3.8) is 0 Å². The smallest absolute Gasteiger partial charge is 0.123 e. The Labute approximate surface area is 126 Å². The van der Waals surface area contributed by atoms with Crippen LogP contribution in [0.3, 0.4) is 0 Å². The fraction of sp³-hybridized carbons (Fsp3) is 0.611. The lowest BCUT2D eigenvalue weighted by molar-refractivity contribution is -0.0722. The van der Waals surface area contributed by atoms with Gasteiger partial charge in [0.2, 0.25) is 0 Å². The van der Waals surface area contributed by atoms with Crippen LogP contribution in [-0.2, 0) is 5.60 Å². The lowest BCUT2D eigenvalue weighted by Crippen LogP contribution is -2.45. The second kappa shape index (κ2) is 5.77. The number of benzene rings is 1. The molecule has 0 amide bonds. The third kappa shape index (κ3) is 2.82. The van der Waals surface area contributed by atoms with Gasteiger partial charge in [0, 0.05) is 0 Å². The minimum Gasteiger partial charge on any atom is -0.384 e. The molecular formula is C18H24FNO. The Morgan fingerprint density at radius 2 is 1.81 bits per heavy atom. The molecule has 1 aromatic carbocycles. The van der Waals surface area contributed by atoms with Crippen molar-refractivity contribution in [3.05, 3.63) is 35.6 Å². The molecule has 2 rings (SSSR count). The molecule has 0 heterocycles. The highest BCUT2D eigenvalue weighted by atomic mass is 19.1. The summed E-state index contributed by atoms with van der Waals surface area (Å²) in [6, 6.07) is 8.24. The maximum Gasteiger partial charge on any atom is 0.123 e. The molecule has 0 radical (unpaired) electrons. The largest absolute Gasteiger partial charge is 0.384 e. The van der Waals surface area contributed by atoms with Crippen molar-refractivity contribution in [2.24, 2.45) is 17.3 Å². The zero-order chi connectivity index (χ0) is 15.7. The normalized spacial score (nSPS) is 28.9. The van der Waals surface area contributed by atoms with Crippen molar-refractivity contribution in [2.45, 2.75) is 52.1 Å². The fourth-order valence-electron chi connectivity index (χ4n) is 3.56. The van der Waals surface area contributed by atoms with E-state index >= 15 is 0 Å². The third-order valence-corrected chi connectivity index (χ3v) is 5.38. The van der Waals surface area contributed by atoms with Crippen LogP contribution in [0.4, 0.5) is 4.39 Å². The van der Waals surface area contributed by atoms with Crippen LogP contribution in [0.2, 0.25) is 0 Å². The van der Waals surface area contributed by atoms with Crippen LogP contribution in [-0.4, -0.2) is 5.11 Å². The Morgan fingerprint density at radius 1 is 1.29 bits per heavy atom. The first kappa shape index (κ1) is 16.0. The van der Waals surface area contributed by atoms with Crippen molar-refractivity contribution >= 4 is 0 Å². The number of halogens is 1. The summed E-state index contributed by atoms with van der Waals surface area (Å²) in [7, 11) is 0. The summed E-state index contributed by atoms with van der Waals surface area (Å²) in [6.45, 7) is 6.11. The predicted molar refractivity (Wildman–Crippen MR) is 80.8 cm³/mol.